The summed E-state index contributed by atoms with van der Waals surface area (Å²) >= 11 is 0. The second-order valence-corrected chi connectivity index (χ2v) is 5.83. The lowest BCUT2D eigenvalue weighted by Crippen LogP contribution is -2.40. The third kappa shape index (κ3) is 4.07. The molecular formula is C17H23NO4. The molecule has 1 saturated heterocycles. The number of methoxy groups -OCH3 is 1. The van der Waals surface area contributed by atoms with Gasteiger partial charge in [-0.2, -0.15) is 0 Å². The Balaban J connectivity index is 1.85. The Morgan fingerprint density at radius 1 is 1.32 bits per heavy atom. The first kappa shape index (κ1) is 16.5. The average Bonchev–Trinajstić information content (AvgIpc) is 2.94. The number of aryl methyl sites for hydroxylation is 2. The highest BCUT2D eigenvalue weighted by Gasteiger charge is 2.39. The molecular weight excluding hydrogens is 282 g/mol. The topological polar surface area (TPSA) is 66.8 Å². The predicted octanol–water partition coefficient (Wildman–Crippen LogP) is 2.02. The quantitative estimate of drug-likeness (QED) is 0.873. The molecule has 1 N–H and O–H groups in total. The standard InChI is InChI=1S/C17H23NO4/c1-12-6-8-13(9-7-12)4-3-5-16(19)18-11-14(22-2)10-15(18)17(20)21/h6-9,14-15H,3-5,10-11H2,1-2H3,(H,20,21). The molecule has 5 heteroatoms. The van der Waals surface area contributed by atoms with Crippen LogP contribution in [0.5, 0.6) is 0 Å². The van der Waals surface area contributed by atoms with Crippen molar-refractivity contribution in [2.24, 2.45) is 0 Å². The summed E-state index contributed by atoms with van der Waals surface area (Å²) in [6.07, 6.45) is 2.11. The van der Waals surface area contributed by atoms with Gasteiger partial charge in [0.2, 0.25) is 5.91 Å². The van der Waals surface area contributed by atoms with E-state index >= 15 is 0 Å². The number of carbonyl (C=O) groups is 2. The average molecular weight is 305 g/mol. The Morgan fingerprint density at radius 2 is 2.00 bits per heavy atom. The van der Waals surface area contributed by atoms with Gasteiger partial charge in [0.1, 0.15) is 6.04 Å². The van der Waals surface area contributed by atoms with Crippen molar-refractivity contribution in [3.05, 3.63) is 35.4 Å². The van der Waals surface area contributed by atoms with Crippen molar-refractivity contribution < 1.29 is 19.4 Å². The highest BCUT2D eigenvalue weighted by atomic mass is 16.5. The first-order valence-corrected chi connectivity index (χ1v) is 7.62. The number of carboxylic acids is 1. The SMILES string of the molecule is COC1CC(C(=O)O)N(C(=O)CCCc2ccc(C)cc2)C1. The van der Waals surface area contributed by atoms with E-state index in [1.54, 1.807) is 7.11 Å². The Hall–Kier alpha value is -1.88. The number of aliphatic carboxylic acids is 1. The fourth-order valence-corrected chi connectivity index (χ4v) is 2.82. The molecule has 22 heavy (non-hydrogen) atoms. The fourth-order valence-electron chi connectivity index (χ4n) is 2.82. The van der Waals surface area contributed by atoms with Gasteiger partial charge in [-0.1, -0.05) is 29.8 Å². The Bertz CT molecular complexity index is 526. The van der Waals surface area contributed by atoms with Crippen molar-refractivity contribution in [3.63, 3.8) is 0 Å². The van der Waals surface area contributed by atoms with Crippen LogP contribution < -0.4 is 0 Å². The van der Waals surface area contributed by atoms with E-state index < -0.39 is 12.0 Å². The van der Waals surface area contributed by atoms with Gasteiger partial charge in [0, 0.05) is 26.5 Å². The Labute approximate surface area is 130 Å². The number of likely N-dealkylation sites (tertiary alicyclic amines) is 1. The molecule has 0 aromatic heterocycles. The van der Waals surface area contributed by atoms with Crippen LogP contribution in [0.25, 0.3) is 0 Å². The van der Waals surface area contributed by atoms with Crippen molar-refractivity contribution in [2.45, 2.75) is 44.8 Å². The zero-order chi connectivity index (χ0) is 16.1. The lowest BCUT2D eigenvalue weighted by atomic mass is 10.1. The molecule has 1 aromatic carbocycles. The number of hydrogen-bond acceptors (Lipinski definition) is 3. The van der Waals surface area contributed by atoms with Gasteiger partial charge in [-0.05, 0) is 25.3 Å². The number of hydrogen-bond donors (Lipinski definition) is 1. The molecule has 0 radical (unpaired) electrons. The van der Waals surface area contributed by atoms with Gasteiger partial charge >= 0.3 is 5.97 Å². The van der Waals surface area contributed by atoms with E-state index in [2.05, 4.69) is 24.3 Å². The zero-order valence-electron chi connectivity index (χ0n) is 13.1. The van der Waals surface area contributed by atoms with E-state index in [0.29, 0.717) is 19.4 Å². The summed E-state index contributed by atoms with van der Waals surface area (Å²) in [4.78, 5) is 25.0. The van der Waals surface area contributed by atoms with Gasteiger partial charge in [-0.25, -0.2) is 4.79 Å². The minimum atomic E-state index is -0.952. The fraction of sp³-hybridized carbons (Fsp3) is 0.529. The summed E-state index contributed by atoms with van der Waals surface area (Å²) < 4.78 is 5.20. The van der Waals surface area contributed by atoms with Crippen LogP contribution in [-0.2, 0) is 20.7 Å². The zero-order valence-corrected chi connectivity index (χ0v) is 13.1. The number of amides is 1. The van der Waals surface area contributed by atoms with Crippen LogP contribution in [0, 0.1) is 6.92 Å². The van der Waals surface area contributed by atoms with Gasteiger partial charge in [-0.3, -0.25) is 4.79 Å². The summed E-state index contributed by atoms with van der Waals surface area (Å²) in [5, 5.41) is 9.23. The minimum absolute atomic E-state index is 0.0981. The smallest absolute Gasteiger partial charge is 0.326 e. The van der Waals surface area contributed by atoms with Crippen LogP contribution in [0.15, 0.2) is 24.3 Å². The minimum Gasteiger partial charge on any atom is -0.480 e. The molecule has 1 heterocycles. The molecule has 2 rings (SSSR count). The van der Waals surface area contributed by atoms with E-state index in [-0.39, 0.29) is 12.0 Å². The molecule has 5 nitrogen and oxygen atoms in total. The number of rotatable bonds is 6. The van der Waals surface area contributed by atoms with Crippen LogP contribution in [0.3, 0.4) is 0 Å². The second kappa shape index (κ2) is 7.40. The highest BCUT2D eigenvalue weighted by molar-refractivity contribution is 5.84. The first-order valence-electron chi connectivity index (χ1n) is 7.62. The maximum Gasteiger partial charge on any atom is 0.326 e. The van der Waals surface area contributed by atoms with Crippen LogP contribution in [-0.4, -0.2) is 47.7 Å². The van der Waals surface area contributed by atoms with Crippen molar-refractivity contribution in [1.29, 1.82) is 0 Å². The summed E-state index contributed by atoms with van der Waals surface area (Å²) in [6, 6.07) is 7.49. The van der Waals surface area contributed by atoms with Crippen molar-refractivity contribution in [3.8, 4) is 0 Å². The Kier molecular flexibility index (Phi) is 5.55. The van der Waals surface area contributed by atoms with E-state index in [1.165, 1.54) is 16.0 Å². The summed E-state index contributed by atoms with van der Waals surface area (Å²) in [7, 11) is 1.55. The monoisotopic (exact) mass is 305 g/mol. The van der Waals surface area contributed by atoms with Gasteiger partial charge in [0.05, 0.1) is 6.10 Å². The number of carboxylic acid groups (broad SMARTS) is 1. The summed E-state index contributed by atoms with van der Waals surface area (Å²) in [6.45, 7) is 2.41. The van der Waals surface area contributed by atoms with E-state index in [1.807, 2.05) is 6.92 Å². The van der Waals surface area contributed by atoms with Gasteiger partial charge < -0.3 is 14.7 Å². The van der Waals surface area contributed by atoms with Crippen molar-refractivity contribution >= 4 is 11.9 Å². The number of ether oxygens (including phenoxy) is 1. The normalized spacial score (nSPS) is 21.1. The Morgan fingerprint density at radius 3 is 2.59 bits per heavy atom. The van der Waals surface area contributed by atoms with Crippen LogP contribution >= 0.6 is 0 Å². The van der Waals surface area contributed by atoms with E-state index in [0.717, 1.165) is 12.8 Å². The molecule has 1 aliphatic rings. The first-order chi connectivity index (χ1) is 10.5. The molecule has 0 spiro atoms. The number of carbonyl (C=O) groups excluding carboxylic acids is 1. The summed E-state index contributed by atoms with van der Waals surface area (Å²) in [5.74, 6) is -1.05. The third-order valence-corrected chi connectivity index (χ3v) is 4.18. The lowest BCUT2D eigenvalue weighted by molar-refractivity contribution is -0.148. The van der Waals surface area contributed by atoms with E-state index in [4.69, 9.17) is 4.74 Å². The van der Waals surface area contributed by atoms with Gasteiger partial charge in [-0.15, -0.1) is 0 Å². The van der Waals surface area contributed by atoms with E-state index in [9.17, 15) is 14.7 Å². The molecule has 120 valence electrons. The van der Waals surface area contributed by atoms with Crippen LogP contribution in [0.1, 0.15) is 30.4 Å². The van der Waals surface area contributed by atoms with Crippen LogP contribution in [0.2, 0.25) is 0 Å². The van der Waals surface area contributed by atoms with Gasteiger partial charge in [0.25, 0.3) is 0 Å². The molecule has 1 amide bonds. The van der Waals surface area contributed by atoms with Crippen LogP contribution in [0.4, 0.5) is 0 Å². The summed E-state index contributed by atoms with van der Waals surface area (Å²) in [5.41, 5.74) is 2.41. The number of nitrogens with zero attached hydrogens (tertiary/aromatic N) is 1. The third-order valence-electron chi connectivity index (χ3n) is 4.18. The largest absolute Gasteiger partial charge is 0.480 e. The molecule has 1 fully saturated rings. The maximum atomic E-state index is 12.3. The molecule has 2 atom stereocenters. The lowest BCUT2D eigenvalue weighted by Gasteiger charge is -2.21. The molecule has 0 aliphatic carbocycles. The maximum absolute atomic E-state index is 12.3. The number of benzene rings is 1. The molecule has 1 aromatic rings. The molecule has 1 aliphatic heterocycles. The molecule has 2 unspecified atom stereocenters. The van der Waals surface area contributed by atoms with Crippen molar-refractivity contribution in [1.82, 2.24) is 4.90 Å². The predicted molar refractivity (Wildman–Crippen MR) is 82.7 cm³/mol. The van der Waals surface area contributed by atoms with Gasteiger partial charge in [0.15, 0.2) is 0 Å². The molecule has 0 saturated carbocycles. The molecule has 0 bridgehead atoms. The highest BCUT2D eigenvalue weighted by Crippen LogP contribution is 2.22. The van der Waals surface area contributed by atoms with Crippen molar-refractivity contribution in [2.75, 3.05) is 13.7 Å². The second-order valence-electron chi connectivity index (χ2n) is 5.83.